The molecule has 21 heavy (non-hydrogen) atoms. The van der Waals surface area contributed by atoms with Crippen LogP contribution in [0.2, 0.25) is 0 Å². The molecule has 1 fully saturated rings. The molecule has 1 aliphatic heterocycles. The molecule has 0 aromatic heterocycles. The van der Waals surface area contributed by atoms with Crippen molar-refractivity contribution in [1.82, 2.24) is 4.90 Å². The van der Waals surface area contributed by atoms with E-state index >= 15 is 0 Å². The third-order valence-electron chi connectivity index (χ3n) is 4.15. The number of nitrogens with zero attached hydrogens (tertiary/aromatic N) is 1. The van der Waals surface area contributed by atoms with Crippen LogP contribution >= 0.6 is 15.9 Å². The van der Waals surface area contributed by atoms with Crippen LogP contribution < -0.4 is 4.74 Å². The van der Waals surface area contributed by atoms with Crippen molar-refractivity contribution in [1.29, 1.82) is 0 Å². The fourth-order valence-corrected chi connectivity index (χ4v) is 3.06. The monoisotopic (exact) mass is 355 g/mol. The molecule has 2 unspecified atom stereocenters. The van der Waals surface area contributed by atoms with Gasteiger partial charge in [0.1, 0.15) is 18.4 Å². The van der Waals surface area contributed by atoms with Crippen LogP contribution in [0.4, 0.5) is 0 Å². The van der Waals surface area contributed by atoms with E-state index < -0.39 is 5.97 Å². The fourth-order valence-electron chi connectivity index (χ4n) is 2.79. The number of likely N-dealkylation sites (tertiary alicyclic amines) is 1. The molecule has 1 heterocycles. The van der Waals surface area contributed by atoms with Crippen LogP contribution in [0.1, 0.15) is 26.2 Å². The summed E-state index contributed by atoms with van der Waals surface area (Å²) in [6, 6.07) is 7.31. The summed E-state index contributed by atoms with van der Waals surface area (Å²) in [7, 11) is 0. The van der Waals surface area contributed by atoms with E-state index in [1.807, 2.05) is 29.2 Å². The van der Waals surface area contributed by atoms with Crippen molar-refractivity contribution in [2.45, 2.75) is 32.2 Å². The normalized spacial score (nSPS) is 23.0. The second kappa shape index (κ2) is 7.80. The molecule has 0 spiro atoms. The number of hydrogen-bond donors (Lipinski definition) is 1. The second-order valence-corrected chi connectivity index (χ2v) is 6.41. The molecule has 116 valence electrons. The summed E-state index contributed by atoms with van der Waals surface area (Å²) in [5.41, 5.74) is 0. The standard InChI is InChI=1S/C16H22BrNO3/c1-2-12-7-8-18(15(11-12)16(19)20)9-10-21-14-5-3-13(17)4-6-14/h3-6,12,15H,2,7-11H2,1H3,(H,19,20). The van der Waals surface area contributed by atoms with Crippen molar-refractivity contribution in [2.75, 3.05) is 19.7 Å². The number of benzene rings is 1. The van der Waals surface area contributed by atoms with Gasteiger partial charge in [-0.2, -0.15) is 0 Å². The van der Waals surface area contributed by atoms with Crippen LogP contribution in [0.3, 0.4) is 0 Å². The van der Waals surface area contributed by atoms with Crippen molar-refractivity contribution in [2.24, 2.45) is 5.92 Å². The van der Waals surface area contributed by atoms with Crippen LogP contribution in [0, 0.1) is 5.92 Å². The van der Waals surface area contributed by atoms with Crippen LogP contribution in [0.5, 0.6) is 5.75 Å². The van der Waals surface area contributed by atoms with E-state index in [0.29, 0.717) is 19.1 Å². The van der Waals surface area contributed by atoms with E-state index in [1.54, 1.807) is 0 Å². The first-order valence-electron chi connectivity index (χ1n) is 7.45. The highest BCUT2D eigenvalue weighted by atomic mass is 79.9. The average molecular weight is 356 g/mol. The molecule has 0 amide bonds. The van der Waals surface area contributed by atoms with Crippen LogP contribution in [-0.4, -0.2) is 41.7 Å². The lowest BCUT2D eigenvalue weighted by Crippen LogP contribution is -2.48. The summed E-state index contributed by atoms with van der Waals surface area (Å²) in [4.78, 5) is 13.4. The molecule has 1 aromatic carbocycles. The molecule has 5 heteroatoms. The molecule has 2 rings (SSSR count). The Bertz CT molecular complexity index is 463. The van der Waals surface area contributed by atoms with Gasteiger partial charge in [0.15, 0.2) is 0 Å². The Kier molecular flexibility index (Phi) is 6.06. The number of carboxylic acid groups (broad SMARTS) is 1. The largest absolute Gasteiger partial charge is 0.492 e. The summed E-state index contributed by atoms with van der Waals surface area (Å²) >= 11 is 3.38. The maximum absolute atomic E-state index is 11.4. The van der Waals surface area contributed by atoms with Crippen molar-refractivity contribution in [3.05, 3.63) is 28.7 Å². The van der Waals surface area contributed by atoms with Gasteiger partial charge < -0.3 is 9.84 Å². The van der Waals surface area contributed by atoms with Crippen molar-refractivity contribution < 1.29 is 14.6 Å². The number of halogens is 1. The van der Waals surface area contributed by atoms with Gasteiger partial charge in [-0.05, 0) is 49.6 Å². The Morgan fingerprint density at radius 2 is 2.14 bits per heavy atom. The van der Waals surface area contributed by atoms with Crippen LogP contribution in [-0.2, 0) is 4.79 Å². The van der Waals surface area contributed by atoms with E-state index in [-0.39, 0.29) is 6.04 Å². The maximum atomic E-state index is 11.4. The SMILES string of the molecule is CCC1CCN(CCOc2ccc(Br)cc2)C(C(=O)O)C1. The number of hydrogen-bond acceptors (Lipinski definition) is 3. The number of carboxylic acids is 1. The highest BCUT2D eigenvalue weighted by Crippen LogP contribution is 2.25. The highest BCUT2D eigenvalue weighted by molar-refractivity contribution is 9.10. The first-order valence-corrected chi connectivity index (χ1v) is 8.24. The topological polar surface area (TPSA) is 49.8 Å². The minimum Gasteiger partial charge on any atom is -0.492 e. The van der Waals surface area contributed by atoms with Crippen LogP contribution in [0.15, 0.2) is 28.7 Å². The van der Waals surface area contributed by atoms with Gasteiger partial charge in [0.25, 0.3) is 0 Å². The third kappa shape index (κ3) is 4.71. The lowest BCUT2D eigenvalue weighted by Gasteiger charge is -2.36. The molecule has 1 aromatic rings. The molecule has 0 aliphatic carbocycles. The Hall–Kier alpha value is -1.07. The van der Waals surface area contributed by atoms with Crippen molar-refractivity contribution in [3.63, 3.8) is 0 Å². The molecule has 1 N–H and O–H groups in total. The quantitative estimate of drug-likeness (QED) is 0.849. The zero-order valence-electron chi connectivity index (χ0n) is 12.3. The van der Waals surface area contributed by atoms with Gasteiger partial charge in [-0.3, -0.25) is 9.69 Å². The number of aliphatic carboxylic acids is 1. The summed E-state index contributed by atoms with van der Waals surface area (Å²) < 4.78 is 6.71. The molecule has 4 nitrogen and oxygen atoms in total. The first-order chi connectivity index (χ1) is 10.1. The number of rotatable bonds is 6. The molecule has 0 radical (unpaired) electrons. The van der Waals surface area contributed by atoms with Crippen molar-refractivity contribution >= 4 is 21.9 Å². The zero-order valence-corrected chi connectivity index (χ0v) is 13.9. The number of ether oxygens (including phenoxy) is 1. The zero-order chi connectivity index (χ0) is 15.2. The average Bonchev–Trinajstić information content (AvgIpc) is 2.49. The minimum absolute atomic E-state index is 0.364. The molecule has 0 saturated carbocycles. The molecular weight excluding hydrogens is 334 g/mol. The smallest absolute Gasteiger partial charge is 0.320 e. The predicted molar refractivity (Wildman–Crippen MR) is 85.6 cm³/mol. The summed E-state index contributed by atoms with van der Waals surface area (Å²) in [5, 5.41) is 9.38. The first kappa shape index (κ1) is 16.3. The van der Waals surface area contributed by atoms with E-state index in [0.717, 1.165) is 36.0 Å². The molecule has 1 saturated heterocycles. The molecule has 0 bridgehead atoms. The number of carbonyl (C=O) groups is 1. The van der Waals surface area contributed by atoms with Gasteiger partial charge in [0.2, 0.25) is 0 Å². The van der Waals surface area contributed by atoms with Gasteiger partial charge in [-0.25, -0.2) is 0 Å². The van der Waals surface area contributed by atoms with Gasteiger partial charge in [0, 0.05) is 11.0 Å². The van der Waals surface area contributed by atoms with E-state index in [9.17, 15) is 9.90 Å². The Morgan fingerprint density at radius 3 is 2.76 bits per heavy atom. The van der Waals surface area contributed by atoms with Gasteiger partial charge >= 0.3 is 5.97 Å². The Labute approximate surface area is 134 Å². The fraction of sp³-hybridized carbons (Fsp3) is 0.562. The van der Waals surface area contributed by atoms with E-state index in [4.69, 9.17) is 4.74 Å². The number of piperidine rings is 1. The van der Waals surface area contributed by atoms with Gasteiger partial charge in [0.05, 0.1) is 0 Å². The molecule has 2 atom stereocenters. The summed E-state index contributed by atoms with van der Waals surface area (Å²) in [5.74, 6) is 0.639. The molecular formula is C16H22BrNO3. The lowest BCUT2D eigenvalue weighted by molar-refractivity contribution is -0.145. The van der Waals surface area contributed by atoms with Crippen LogP contribution in [0.25, 0.3) is 0 Å². The van der Waals surface area contributed by atoms with Crippen molar-refractivity contribution in [3.8, 4) is 5.75 Å². The summed E-state index contributed by atoms with van der Waals surface area (Å²) in [6.45, 7) is 4.15. The third-order valence-corrected chi connectivity index (χ3v) is 4.67. The van der Waals surface area contributed by atoms with Gasteiger partial charge in [-0.1, -0.05) is 29.3 Å². The maximum Gasteiger partial charge on any atom is 0.320 e. The van der Waals surface area contributed by atoms with E-state index in [1.165, 1.54) is 0 Å². The Balaban J connectivity index is 1.83. The highest BCUT2D eigenvalue weighted by Gasteiger charge is 2.32. The minimum atomic E-state index is -0.711. The lowest BCUT2D eigenvalue weighted by atomic mass is 9.89. The molecule has 1 aliphatic rings. The Morgan fingerprint density at radius 1 is 1.43 bits per heavy atom. The summed E-state index contributed by atoms with van der Waals surface area (Å²) in [6.07, 6.45) is 2.90. The van der Waals surface area contributed by atoms with E-state index in [2.05, 4.69) is 22.9 Å². The second-order valence-electron chi connectivity index (χ2n) is 5.49. The van der Waals surface area contributed by atoms with Gasteiger partial charge in [-0.15, -0.1) is 0 Å². The predicted octanol–water partition coefficient (Wildman–Crippen LogP) is 3.40.